The Morgan fingerprint density at radius 1 is 1.18 bits per heavy atom. The molecule has 0 radical (unpaired) electrons. The third-order valence-corrected chi connectivity index (χ3v) is 6.44. The van der Waals surface area contributed by atoms with Gasteiger partial charge in [-0.25, -0.2) is 0 Å². The van der Waals surface area contributed by atoms with Gasteiger partial charge in [0.05, 0.1) is 0 Å². The molecule has 0 saturated heterocycles. The molecule has 0 aromatic carbocycles. The Hall–Kier alpha value is -0.0800. The summed E-state index contributed by atoms with van der Waals surface area (Å²) in [7, 11) is 0. The predicted octanol–water partition coefficient (Wildman–Crippen LogP) is 2.97. The Morgan fingerprint density at radius 3 is 2.47 bits per heavy atom. The summed E-state index contributed by atoms with van der Waals surface area (Å²) < 4.78 is 0. The number of hydrogen-bond acceptors (Lipinski definition) is 2. The van der Waals surface area contributed by atoms with E-state index in [2.05, 4.69) is 20.8 Å². The molecule has 0 spiro atoms. The van der Waals surface area contributed by atoms with E-state index < -0.39 is 0 Å². The lowest BCUT2D eigenvalue weighted by Crippen LogP contribution is -2.49. The molecule has 0 aliphatic heterocycles. The van der Waals surface area contributed by atoms with Crippen LogP contribution in [0.1, 0.15) is 59.3 Å². The fraction of sp³-hybridized carbons (Fsp3) is 1.00. The van der Waals surface area contributed by atoms with E-state index in [9.17, 15) is 10.2 Å². The normalized spacial score (nSPS) is 41.8. The van der Waals surface area contributed by atoms with E-state index in [0.717, 1.165) is 6.42 Å². The molecule has 0 aromatic rings. The van der Waals surface area contributed by atoms with Crippen LogP contribution < -0.4 is 0 Å². The second kappa shape index (κ2) is 4.24. The van der Waals surface area contributed by atoms with Gasteiger partial charge in [-0.05, 0) is 48.9 Å². The molecule has 2 N–H and O–H groups in total. The molecule has 100 valence electrons. The van der Waals surface area contributed by atoms with Crippen molar-refractivity contribution in [1.82, 2.24) is 0 Å². The zero-order valence-electron chi connectivity index (χ0n) is 11.6. The van der Waals surface area contributed by atoms with Gasteiger partial charge >= 0.3 is 0 Å². The number of aliphatic hydroxyl groups excluding tert-OH is 2. The molecule has 2 saturated carbocycles. The SMILES string of the molecule is C[C@@H]1CC[C@]2(C(C)(C)CCO)CCC[C@]12CO. The fourth-order valence-electron chi connectivity index (χ4n) is 5.28. The molecule has 17 heavy (non-hydrogen) atoms. The number of aliphatic hydroxyl groups is 2. The van der Waals surface area contributed by atoms with Crippen molar-refractivity contribution in [1.29, 1.82) is 0 Å². The van der Waals surface area contributed by atoms with Gasteiger partial charge in [-0.3, -0.25) is 0 Å². The predicted molar refractivity (Wildman–Crippen MR) is 69.7 cm³/mol. The lowest BCUT2D eigenvalue weighted by Gasteiger charge is -2.52. The van der Waals surface area contributed by atoms with Crippen LogP contribution in [-0.4, -0.2) is 23.4 Å². The molecular formula is C15H28O2. The maximum Gasteiger partial charge on any atom is 0.0495 e. The zero-order valence-corrected chi connectivity index (χ0v) is 11.6. The van der Waals surface area contributed by atoms with Gasteiger partial charge in [-0.15, -0.1) is 0 Å². The first kappa shape index (κ1) is 13.4. The Bertz CT molecular complexity index is 287. The second-order valence-corrected chi connectivity index (χ2v) is 7.05. The van der Waals surface area contributed by atoms with Crippen LogP contribution in [-0.2, 0) is 0 Å². The van der Waals surface area contributed by atoms with E-state index in [1.165, 1.54) is 32.1 Å². The van der Waals surface area contributed by atoms with Crippen LogP contribution in [0.5, 0.6) is 0 Å². The molecule has 0 unspecified atom stereocenters. The third kappa shape index (κ3) is 1.53. The van der Waals surface area contributed by atoms with E-state index in [-0.39, 0.29) is 22.9 Å². The Balaban J connectivity index is 2.41. The first-order valence-corrected chi connectivity index (χ1v) is 7.17. The van der Waals surface area contributed by atoms with Crippen molar-refractivity contribution in [3.8, 4) is 0 Å². The number of rotatable bonds is 4. The maximum atomic E-state index is 10.0. The van der Waals surface area contributed by atoms with Crippen LogP contribution in [0.15, 0.2) is 0 Å². The Labute approximate surface area is 105 Å². The largest absolute Gasteiger partial charge is 0.396 e. The quantitative estimate of drug-likeness (QED) is 0.793. The third-order valence-electron chi connectivity index (χ3n) is 6.44. The van der Waals surface area contributed by atoms with E-state index in [1.807, 2.05) is 0 Å². The Morgan fingerprint density at radius 2 is 1.88 bits per heavy atom. The van der Waals surface area contributed by atoms with E-state index in [4.69, 9.17) is 0 Å². The van der Waals surface area contributed by atoms with Crippen LogP contribution in [0.25, 0.3) is 0 Å². The molecular weight excluding hydrogens is 212 g/mol. The van der Waals surface area contributed by atoms with Gasteiger partial charge < -0.3 is 10.2 Å². The van der Waals surface area contributed by atoms with Gasteiger partial charge in [-0.2, -0.15) is 0 Å². The molecule has 2 heteroatoms. The highest BCUT2D eigenvalue weighted by Gasteiger charge is 2.65. The van der Waals surface area contributed by atoms with Gasteiger partial charge in [0.25, 0.3) is 0 Å². The number of fused-ring (bicyclic) bond motifs is 1. The smallest absolute Gasteiger partial charge is 0.0495 e. The molecule has 2 aliphatic carbocycles. The summed E-state index contributed by atoms with van der Waals surface area (Å²) >= 11 is 0. The van der Waals surface area contributed by atoms with Crippen LogP contribution in [0.2, 0.25) is 0 Å². The average molecular weight is 240 g/mol. The van der Waals surface area contributed by atoms with Crippen molar-refractivity contribution in [3.63, 3.8) is 0 Å². The maximum absolute atomic E-state index is 10.0. The van der Waals surface area contributed by atoms with Crippen molar-refractivity contribution in [2.75, 3.05) is 13.2 Å². The first-order chi connectivity index (χ1) is 7.96. The van der Waals surface area contributed by atoms with Gasteiger partial charge in [0, 0.05) is 18.6 Å². The fourth-order valence-corrected chi connectivity index (χ4v) is 5.28. The minimum atomic E-state index is 0.131. The molecule has 0 bridgehead atoms. The summed E-state index contributed by atoms with van der Waals surface area (Å²) in [6.07, 6.45) is 7.02. The van der Waals surface area contributed by atoms with Crippen molar-refractivity contribution in [2.45, 2.75) is 59.3 Å². The molecule has 0 aromatic heterocycles. The lowest BCUT2D eigenvalue weighted by molar-refractivity contribution is -0.0784. The van der Waals surface area contributed by atoms with Crippen LogP contribution in [0.4, 0.5) is 0 Å². The highest BCUT2D eigenvalue weighted by atomic mass is 16.3. The highest BCUT2D eigenvalue weighted by molar-refractivity contribution is 5.14. The van der Waals surface area contributed by atoms with Crippen LogP contribution in [0.3, 0.4) is 0 Å². The average Bonchev–Trinajstić information content (AvgIpc) is 2.77. The first-order valence-electron chi connectivity index (χ1n) is 7.17. The van der Waals surface area contributed by atoms with Gasteiger partial charge in [0.15, 0.2) is 0 Å². The van der Waals surface area contributed by atoms with E-state index >= 15 is 0 Å². The molecule has 2 fully saturated rings. The zero-order chi connectivity index (χ0) is 12.7. The van der Waals surface area contributed by atoms with Crippen molar-refractivity contribution in [3.05, 3.63) is 0 Å². The van der Waals surface area contributed by atoms with Crippen LogP contribution >= 0.6 is 0 Å². The van der Waals surface area contributed by atoms with E-state index in [1.54, 1.807) is 0 Å². The monoisotopic (exact) mass is 240 g/mol. The van der Waals surface area contributed by atoms with Crippen molar-refractivity contribution >= 4 is 0 Å². The molecule has 0 amide bonds. The summed E-state index contributed by atoms with van der Waals surface area (Å²) in [5.41, 5.74) is 0.536. The second-order valence-electron chi connectivity index (χ2n) is 7.05. The molecule has 2 aliphatic rings. The summed E-state index contributed by atoms with van der Waals surface area (Å²) in [6.45, 7) is 7.53. The van der Waals surface area contributed by atoms with Crippen LogP contribution in [0, 0.1) is 22.2 Å². The summed E-state index contributed by atoms with van der Waals surface area (Å²) in [5.74, 6) is 0.632. The van der Waals surface area contributed by atoms with Crippen molar-refractivity contribution in [2.24, 2.45) is 22.2 Å². The summed E-state index contributed by atoms with van der Waals surface area (Å²) in [4.78, 5) is 0. The van der Waals surface area contributed by atoms with Gasteiger partial charge in [0.1, 0.15) is 0 Å². The highest BCUT2D eigenvalue weighted by Crippen LogP contribution is 2.72. The van der Waals surface area contributed by atoms with Gasteiger partial charge in [-0.1, -0.05) is 27.2 Å². The standard InChI is InChI=1S/C15H28O2/c1-12-5-8-15(13(2,3)9-10-16)7-4-6-14(12,15)11-17/h12,16-17H,4-11H2,1-3H3/t12-,14+,15+/m1/s1. The summed E-state index contributed by atoms with van der Waals surface area (Å²) in [6, 6.07) is 0. The minimum Gasteiger partial charge on any atom is -0.396 e. The molecule has 3 atom stereocenters. The minimum absolute atomic E-state index is 0.131. The Kier molecular flexibility index (Phi) is 3.33. The molecule has 2 nitrogen and oxygen atoms in total. The van der Waals surface area contributed by atoms with Crippen molar-refractivity contribution < 1.29 is 10.2 Å². The topological polar surface area (TPSA) is 40.5 Å². The molecule has 2 rings (SSSR count). The number of hydrogen-bond donors (Lipinski definition) is 2. The molecule has 0 heterocycles. The van der Waals surface area contributed by atoms with E-state index in [0.29, 0.717) is 12.5 Å². The lowest BCUT2D eigenvalue weighted by atomic mass is 9.52. The summed E-state index contributed by atoms with van der Waals surface area (Å²) in [5, 5.41) is 19.4. The van der Waals surface area contributed by atoms with Gasteiger partial charge in [0.2, 0.25) is 0 Å².